The fraction of sp³-hybridized carbons (Fsp3) is 0.579. The zero-order chi connectivity index (χ0) is 16.8. The molecule has 1 fully saturated rings. The molecule has 0 spiro atoms. The molecular weight excluding hydrogens is 302 g/mol. The Morgan fingerprint density at radius 1 is 1.29 bits per heavy atom. The van der Waals surface area contributed by atoms with Crippen LogP contribution in [0.25, 0.3) is 0 Å². The normalized spacial score (nSPS) is 16.4. The van der Waals surface area contributed by atoms with Crippen LogP contribution in [-0.2, 0) is 19.3 Å². The topological polar surface area (TPSA) is 60.2 Å². The van der Waals surface area contributed by atoms with Gasteiger partial charge in [0.25, 0.3) is 0 Å². The molecule has 0 saturated heterocycles. The summed E-state index contributed by atoms with van der Waals surface area (Å²) in [6, 6.07) is 8.72. The van der Waals surface area contributed by atoms with Crippen LogP contribution in [0.15, 0.2) is 28.8 Å². The van der Waals surface area contributed by atoms with Gasteiger partial charge in [-0.2, -0.15) is 4.98 Å². The number of aromatic nitrogens is 2. The fourth-order valence-corrected chi connectivity index (χ4v) is 3.07. The van der Waals surface area contributed by atoms with Crippen LogP contribution in [0.5, 0.6) is 5.75 Å². The van der Waals surface area contributed by atoms with E-state index in [1.54, 1.807) is 0 Å². The second kappa shape index (κ2) is 8.29. The average Bonchev–Trinajstić information content (AvgIpc) is 3.25. The van der Waals surface area contributed by atoms with Gasteiger partial charge in [0.15, 0.2) is 5.82 Å². The standard InChI is InChI=1S/C19H27N3O2/c1-14(20-2)12-18-21-19(24-22-18)11-10-15-6-5-9-17(13-15)23-16-7-3-4-8-16/h5-6,9,13-14,16,20H,3-4,7-8,10-12H2,1-2H3. The van der Waals surface area contributed by atoms with Crippen LogP contribution < -0.4 is 10.1 Å². The van der Waals surface area contributed by atoms with E-state index in [2.05, 4.69) is 40.6 Å². The van der Waals surface area contributed by atoms with E-state index in [1.165, 1.54) is 31.2 Å². The van der Waals surface area contributed by atoms with Gasteiger partial charge < -0.3 is 14.6 Å². The Morgan fingerprint density at radius 2 is 2.12 bits per heavy atom. The van der Waals surface area contributed by atoms with E-state index in [4.69, 9.17) is 9.26 Å². The van der Waals surface area contributed by atoms with Gasteiger partial charge in [-0.3, -0.25) is 0 Å². The number of rotatable bonds is 8. The van der Waals surface area contributed by atoms with Crippen LogP contribution in [0.4, 0.5) is 0 Å². The molecule has 1 heterocycles. The summed E-state index contributed by atoms with van der Waals surface area (Å²) in [5, 5.41) is 7.23. The summed E-state index contributed by atoms with van der Waals surface area (Å²) in [4.78, 5) is 4.47. The lowest BCUT2D eigenvalue weighted by molar-refractivity contribution is 0.210. The fourth-order valence-electron chi connectivity index (χ4n) is 3.07. The molecular formula is C19H27N3O2. The van der Waals surface area contributed by atoms with E-state index < -0.39 is 0 Å². The molecule has 0 amide bonds. The number of likely N-dealkylation sites (N-methyl/N-ethyl adjacent to an activating group) is 1. The lowest BCUT2D eigenvalue weighted by Gasteiger charge is -2.13. The van der Waals surface area contributed by atoms with Crippen molar-refractivity contribution in [2.45, 2.75) is 64.0 Å². The molecule has 1 N–H and O–H groups in total. The number of nitrogens with zero attached hydrogens (tertiary/aromatic N) is 2. The summed E-state index contributed by atoms with van der Waals surface area (Å²) in [5.74, 6) is 2.45. The minimum atomic E-state index is 0.347. The zero-order valence-electron chi connectivity index (χ0n) is 14.6. The lowest BCUT2D eigenvalue weighted by Crippen LogP contribution is -2.24. The van der Waals surface area contributed by atoms with E-state index in [9.17, 15) is 0 Å². The maximum atomic E-state index is 6.07. The molecule has 1 unspecified atom stereocenters. The Bertz CT molecular complexity index is 635. The lowest BCUT2D eigenvalue weighted by atomic mass is 10.1. The first-order valence-electron chi connectivity index (χ1n) is 8.97. The molecule has 1 atom stereocenters. The molecule has 5 nitrogen and oxygen atoms in total. The minimum absolute atomic E-state index is 0.347. The third-order valence-electron chi connectivity index (χ3n) is 4.62. The summed E-state index contributed by atoms with van der Waals surface area (Å²) in [6.45, 7) is 2.10. The van der Waals surface area contributed by atoms with E-state index in [0.717, 1.165) is 30.8 Å². The van der Waals surface area contributed by atoms with E-state index in [-0.39, 0.29) is 0 Å². The molecule has 0 radical (unpaired) electrons. The molecule has 24 heavy (non-hydrogen) atoms. The van der Waals surface area contributed by atoms with Crippen molar-refractivity contribution in [1.82, 2.24) is 15.5 Å². The first-order valence-corrected chi connectivity index (χ1v) is 8.97. The first kappa shape index (κ1) is 17.0. The number of nitrogens with one attached hydrogen (secondary N) is 1. The Balaban J connectivity index is 1.52. The molecule has 0 bridgehead atoms. The molecule has 0 aliphatic heterocycles. The quantitative estimate of drug-likeness (QED) is 0.805. The summed E-state index contributed by atoms with van der Waals surface area (Å²) in [7, 11) is 1.94. The van der Waals surface area contributed by atoms with E-state index >= 15 is 0 Å². The Labute approximate surface area is 143 Å². The van der Waals surface area contributed by atoms with Gasteiger partial charge in [-0.1, -0.05) is 17.3 Å². The van der Waals surface area contributed by atoms with Crippen LogP contribution in [0.3, 0.4) is 0 Å². The number of hydrogen-bond donors (Lipinski definition) is 1. The monoisotopic (exact) mass is 329 g/mol. The first-order chi connectivity index (χ1) is 11.7. The van der Waals surface area contributed by atoms with Gasteiger partial charge >= 0.3 is 0 Å². The van der Waals surface area contributed by atoms with Gasteiger partial charge in [0.05, 0.1) is 6.10 Å². The van der Waals surface area contributed by atoms with Crippen molar-refractivity contribution in [1.29, 1.82) is 0 Å². The highest BCUT2D eigenvalue weighted by molar-refractivity contribution is 5.29. The largest absolute Gasteiger partial charge is 0.490 e. The average molecular weight is 329 g/mol. The summed E-state index contributed by atoms with van der Waals surface area (Å²) >= 11 is 0. The predicted molar refractivity (Wildman–Crippen MR) is 93.3 cm³/mol. The highest BCUT2D eigenvalue weighted by Gasteiger charge is 2.16. The molecule has 130 valence electrons. The van der Waals surface area contributed by atoms with Crippen LogP contribution >= 0.6 is 0 Å². The molecule has 1 aliphatic rings. The summed E-state index contributed by atoms with van der Waals surface area (Å²) < 4.78 is 11.4. The van der Waals surface area contributed by atoms with Crippen LogP contribution in [-0.4, -0.2) is 29.3 Å². The maximum absolute atomic E-state index is 6.07. The van der Waals surface area contributed by atoms with Crippen LogP contribution in [0.1, 0.15) is 49.9 Å². The van der Waals surface area contributed by atoms with Gasteiger partial charge in [0.1, 0.15) is 5.75 Å². The Kier molecular flexibility index (Phi) is 5.86. The summed E-state index contributed by atoms with van der Waals surface area (Å²) in [5.41, 5.74) is 1.24. The van der Waals surface area contributed by atoms with Crippen LogP contribution in [0, 0.1) is 0 Å². The van der Waals surface area contributed by atoms with Crippen molar-refractivity contribution in [3.63, 3.8) is 0 Å². The Hall–Kier alpha value is -1.88. The number of aryl methyl sites for hydroxylation is 2. The zero-order valence-corrected chi connectivity index (χ0v) is 14.6. The van der Waals surface area contributed by atoms with Crippen LogP contribution in [0.2, 0.25) is 0 Å². The number of benzene rings is 1. The van der Waals surface area contributed by atoms with Crippen molar-refractivity contribution in [2.24, 2.45) is 0 Å². The molecule has 1 aromatic heterocycles. The van der Waals surface area contributed by atoms with Crippen molar-refractivity contribution in [2.75, 3.05) is 7.05 Å². The third-order valence-corrected chi connectivity index (χ3v) is 4.62. The van der Waals surface area contributed by atoms with Crippen molar-refractivity contribution >= 4 is 0 Å². The molecule has 1 aromatic carbocycles. The van der Waals surface area contributed by atoms with Gasteiger partial charge in [-0.15, -0.1) is 0 Å². The van der Waals surface area contributed by atoms with Crippen molar-refractivity contribution in [3.8, 4) is 5.75 Å². The smallest absolute Gasteiger partial charge is 0.226 e. The minimum Gasteiger partial charge on any atom is -0.490 e. The Morgan fingerprint density at radius 3 is 2.92 bits per heavy atom. The molecule has 2 aromatic rings. The second-order valence-corrected chi connectivity index (χ2v) is 6.67. The number of hydrogen-bond acceptors (Lipinski definition) is 5. The molecule has 3 rings (SSSR count). The van der Waals surface area contributed by atoms with Crippen molar-refractivity contribution in [3.05, 3.63) is 41.5 Å². The van der Waals surface area contributed by atoms with Gasteiger partial charge in [0, 0.05) is 18.9 Å². The van der Waals surface area contributed by atoms with E-state index in [0.29, 0.717) is 18.0 Å². The number of ether oxygens (including phenoxy) is 1. The second-order valence-electron chi connectivity index (χ2n) is 6.67. The maximum Gasteiger partial charge on any atom is 0.226 e. The third kappa shape index (κ3) is 4.81. The van der Waals surface area contributed by atoms with Gasteiger partial charge in [-0.05, 0) is 63.8 Å². The SMILES string of the molecule is CNC(C)Cc1noc(CCc2cccc(OC3CCCC3)c2)n1. The van der Waals surface area contributed by atoms with Gasteiger partial charge in [-0.25, -0.2) is 0 Å². The highest BCUT2D eigenvalue weighted by Crippen LogP contribution is 2.24. The van der Waals surface area contributed by atoms with Gasteiger partial charge in [0.2, 0.25) is 5.89 Å². The molecule has 1 aliphatic carbocycles. The van der Waals surface area contributed by atoms with Crippen molar-refractivity contribution < 1.29 is 9.26 Å². The predicted octanol–water partition coefficient (Wildman–Crippen LogP) is 3.33. The molecule has 5 heteroatoms. The summed E-state index contributed by atoms with van der Waals surface area (Å²) in [6.07, 6.45) is 7.75. The highest BCUT2D eigenvalue weighted by atomic mass is 16.5. The van der Waals surface area contributed by atoms with E-state index in [1.807, 2.05) is 13.1 Å². The molecule has 1 saturated carbocycles.